The Kier molecular flexibility index (Phi) is 9.55. The fraction of sp³-hybridized carbons (Fsp3) is 0.630. The van der Waals surface area contributed by atoms with E-state index >= 15 is 0 Å². The van der Waals surface area contributed by atoms with E-state index < -0.39 is 0 Å². The summed E-state index contributed by atoms with van der Waals surface area (Å²) >= 11 is 2.04. The Morgan fingerprint density at radius 1 is 1.26 bits per heavy atom. The second kappa shape index (κ2) is 12.1. The summed E-state index contributed by atoms with van der Waals surface area (Å²) in [4.78, 5) is 0. The predicted octanol–water partition coefficient (Wildman–Crippen LogP) is 7.24. The number of ether oxygens (including phenoxy) is 1. The lowest BCUT2D eigenvalue weighted by atomic mass is 9.69. The fourth-order valence-electron chi connectivity index (χ4n) is 5.22. The van der Waals surface area contributed by atoms with Gasteiger partial charge in [-0.1, -0.05) is 56.5 Å². The number of methoxy groups -OCH3 is 1. The van der Waals surface area contributed by atoms with E-state index in [0.717, 1.165) is 29.9 Å². The van der Waals surface area contributed by atoms with Crippen LogP contribution in [0.15, 0.2) is 48.6 Å². The van der Waals surface area contributed by atoms with Gasteiger partial charge in [0.25, 0.3) is 0 Å². The molecule has 1 fully saturated rings. The van der Waals surface area contributed by atoms with E-state index in [2.05, 4.69) is 68.6 Å². The number of hydrogen-bond acceptors (Lipinski definition) is 4. The van der Waals surface area contributed by atoms with Crippen molar-refractivity contribution in [1.29, 1.82) is 0 Å². The highest BCUT2D eigenvalue weighted by atomic mass is 32.2. The van der Waals surface area contributed by atoms with Crippen LogP contribution in [0.4, 0.5) is 0 Å². The van der Waals surface area contributed by atoms with E-state index in [1.54, 1.807) is 12.7 Å². The van der Waals surface area contributed by atoms with E-state index in [1.807, 2.05) is 17.8 Å². The zero-order chi connectivity index (χ0) is 22.2. The van der Waals surface area contributed by atoms with E-state index in [4.69, 9.17) is 4.74 Å². The molecule has 31 heavy (non-hydrogen) atoms. The summed E-state index contributed by atoms with van der Waals surface area (Å²) < 4.78 is 5.44. The Morgan fingerprint density at radius 3 is 2.84 bits per heavy atom. The minimum absolute atomic E-state index is 0.256. The summed E-state index contributed by atoms with van der Waals surface area (Å²) in [7, 11) is 1.74. The number of hydrogen-bond donors (Lipinski definition) is 2. The molecule has 0 saturated carbocycles. The molecule has 5 unspecified atom stereocenters. The maximum atomic E-state index is 5.44. The Morgan fingerprint density at radius 2 is 2.10 bits per heavy atom. The van der Waals surface area contributed by atoms with Gasteiger partial charge in [0.2, 0.25) is 0 Å². The van der Waals surface area contributed by atoms with Gasteiger partial charge in [0.05, 0.1) is 17.9 Å². The first kappa shape index (κ1) is 24.4. The number of hydrazine groups is 1. The molecule has 0 aromatic heterocycles. The molecule has 2 N–H and O–H groups in total. The Balaban J connectivity index is 1.73. The van der Waals surface area contributed by atoms with Crippen molar-refractivity contribution in [1.82, 2.24) is 10.9 Å². The first-order chi connectivity index (χ1) is 15.0. The van der Waals surface area contributed by atoms with Crippen molar-refractivity contribution >= 4 is 11.8 Å². The van der Waals surface area contributed by atoms with Gasteiger partial charge >= 0.3 is 0 Å². The third-order valence-electron chi connectivity index (χ3n) is 6.97. The van der Waals surface area contributed by atoms with Gasteiger partial charge in [-0.05, 0) is 80.4 Å². The third kappa shape index (κ3) is 6.87. The van der Waals surface area contributed by atoms with Crippen LogP contribution >= 0.6 is 11.8 Å². The molecule has 1 aliphatic heterocycles. The topological polar surface area (TPSA) is 33.3 Å². The lowest BCUT2D eigenvalue weighted by molar-refractivity contribution is 0.174. The Hall–Kier alpha value is -1.23. The molecular weight excluding hydrogens is 400 g/mol. The molecule has 1 aliphatic carbocycles. The van der Waals surface area contributed by atoms with Crippen LogP contribution in [0.1, 0.15) is 76.7 Å². The predicted molar refractivity (Wildman–Crippen MR) is 135 cm³/mol. The lowest BCUT2D eigenvalue weighted by Crippen LogP contribution is -2.41. The van der Waals surface area contributed by atoms with Gasteiger partial charge in [-0.15, -0.1) is 18.3 Å². The minimum atomic E-state index is 0.256. The van der Waals surface area contributed by atoms with Crippen LogP contribution in [0, 0.1) is 23.7 Å². The van der Waals surface area contributed by atoms with Crippen molar-refractivity contribution in [2.75, 3.05) is 7.11 Å². The third-order valence-corrected chi connectivity index (χ3v) is 8.39. The van der Waals surface area contributed by atoms with Crippen LogP contribution in [-0.2, 0) is 0 Å². The fourth-order valence-corrected chi connectivity index (χ4v) is 6.63. The van der Waals surface area contributed by atoms with E-state index in [9.17, 15) is 0 Å². The van der Waals surface area contributed by atoms with Crippen molar-refractivity contribution in [2.45, 2.75) is 76.5 Å². The molecular formula is C27H42N2OS. The second-order valence-electron chi connectivity index (χ2n) is 9.77. The first-order valence-corrected chi connectivity index (χ1v) is 13.0. The normalized spacial score (nSPS) is 27.2. The maximum Gasteiger partial charge on any atom is 0.119 e. The molecule has 0 amide bonds. The molecule has 1 aromatic rings. The standard InChI is InChI=1S/C27H42N2OS/c1-6-7-14-24(25-17-20(4)15-16-21(25)11-8-10-19(2)3)27-29-28-26(31-27)22-12-9-13-23(18-22)30-5/h6,9,12-13,15,18-19,21,24-29H,1,7-8,10-11,14,16-17H2,2-5H3. The van der Waals surface area contributed by atoms with Crippen LogP contribution in [0.2, 0.25) is 0 Å². The van der Waals surface area contributed by atoms with Gasteiger partial charge in [-0.25, -0.2) is 10.9 Å². The molecule has 1 heterocycles. The summed E-state index contributed by atoms with van der Waals surface area (Å²) in [6.07, 6.45) is 13.5. The number of thioether (sulfide) groups is 1. The second-order valence-corrected chi connectivity index (χ2v) is 11.0. The molecule has 3 rings (SSSR count). The highest BCUT2D eigenvalue weighted by molar-refractivity contribution is 8.00. The minimum Gasteiger partial charge on any atom is -0.497 e. The molecule has 0 bridgehead atoms. The molecule has 1 aromatic carbocycles. The number of benzene rings is 1. The summed E-state index contributed by atoms with van der Waals surface area (Å²) in [5.41, 5.74) is 10.1. The number of nitrogens with one attached hydrogen (secondary N) is 2. The Bertz CT molecular complexity index is 732. The van der Waals surface area contributed by atoms with Crippen molar-refractivity contribution in [3.63, 3.8) is 0 Å². The molecule has 3 nitrogen and oxygen atoms in total. The quantitative estimate of drug-likeness (QED) is 0.354. The van der Waals surface area contributed by atoms with Gasteiger partial charge in [-0.3, -0.25) is 0 Å². The maximum absolute atomic E-state index is 5.44. The molecule has 4 heteroatoms. The summed E-state index contributed by atoms with van der Waals surface area (Å²) in [6.45, 7) is 11.0. The van der Waals surface area contributed by atoms with Crippen molar-refractivity contribution < 1.29 is 4.74 Å². The van der Waals surface area contributed by atoms with Crippen LogP contribution < -0.4 is 15.6 Å². The van der Waals surface area contributed by atoms with E-state index in [-0.39, 0.29) is 5.37 Å². The molecule has 5 atom stereocenters. The highest BCUT2D eigenvalue weighted by Crippen LogP contribution is 2.46. The summed E-state index contributed by atoms with van der Waals surface area (Å²) in [5, 5.41) is 0.672. The average molecular weight is 443 g/mol. The van der Waals surface area contributed by atoms with Crippen LogP contribution in [0.25, 0.3) is 0 Å². The smallest absolute Gasteiger partial charge is 0.119 e. The SMILES string of the molecule is C=CCCC(C1NNC(c2cccc(OC)c2)S1)C1CC(C)=CCC1CCCC(C)C. The molecule has 172 valence electrons. The first-order valence-electron chi connectivity index (χ1n) is 12.1. The van der Waals surface area contributed by atoms with Gasteiger partial charge in [0, 0.05) is 0 Å². The molecule has 2 aliphatic rings. The monoisotopic (exact) mass is 442 g/mol. The average Bonchev–Trinajstić information content (AvgIpc) is 3.25. The van der Waals surface area contributed by atoms with Crippen molar-refractivity contribution in [2.24, 2.45) is 23.7 Å². The number of allylic oxidation sites excluding steroid dienone is 3. The molecule has 1 saturated heterocycles. The van der Waals surface area contributed by atoms with E-state index in [1.165, 1.54) is 44.1 Å². The zero-order valence-electron chi connectivity index (χ0n) is 19.9. The lowest BCUT2D eigenvalue weighted by Gasteiger charge is -2.39. The summed E-state index contributed by atoms with van der Waals surface area (Å²) in [5.74, 6) is 3.91. The van der Waals surface area contributed by atoms with Gasteiger partial charge in [0.15, 0.2) is 0 Å². The van der Waals surface area contributed by atoms with Crippen molar-refractivity contribution in [3.05, 3.63) is 54.1 Å². The van der Waals surface area contributed by atoms with Crippen molar-refractivity contribution in [3.8, 4) is 5.75 Å². The largest absolute Gasteiger partial charge is 0.497 e. The molecule has 0 spiro atoms. The highest BCUT2D eigenvalue weighted by Gasteiger charge is 2.39. The van der Waals surface area contributed by atoms with E-state index in [0.29, 0.717) is 11.3 Å². The van der Waals surface area contributed by atoms with Gasteiger partial charge < -0.3 is 4.74 Å². The molecule has 0 radical (unpaired) electrons. The Labute approximate surface area is 194 Å². The zero-order valence-corrected chi connectivity index (χ0v) is 20.7. The summed E-state index contributed by atoms with van der Waals surface area (Å²) in [6, 6.07) is 8.44. The number of rotatable bonds is 11. The van der Waals surface area contributed by atoms with Gasteiger partial charge in [-0.2, -0.15) is 0 Å². The van der Waals surface area contributed by atoms with Crippen LogP contribution in [0.5, 0.6) is 5.75 Å². The van der Waals surface area contributed by atoms with Crippen LogP contribution in [0.3, 0.4) is 0 Å². The van der Waals surface area contributed by atoms with Gasteiger partial charge in [0.1, 0.15) is 5.75 Å². The van der Waals surface area contributed by atoms with Crippen LogP contribution in [-0.4, -0.2) is 12.5 Å².